The van der Waals surface area contributed by atoms with Gasteiger partial charge in [-0.15, -0.1) is 0 Å². The molecule has 0 fully saturated rings. The Morgan fingerprint density at radius 2 is 2.04 bits per heavy atom. The lowest BCUT2D eigenvalue weighted by molar-refractivity contribution is 0.223. The predicted molar refractivity (Wildman–Crippen MR) is 98.7 cm³/mol. The van der Waals surface area contributed by atoms with Gasteiger partial charge in [0.2, 0.25) is 5.88 Å². The van der Waals surface area contributed by atoms with Crippen LogP contribution in [0.4, 0.5) is 5.82 Å². The summed E-state index contributed by atoms with van der Waals surface area (Å²) in [7, 11) is 0. The second-order valence-corrected chi connectivity index (χ2v) is 7.00. The molecule has 0 unspecified atom stereocenters. The molecule has 142 valence electrons. The number of nitrogen functional groups attached to an aromatic ring is 1. The molecular weight excluding hydrogens is 360 g/mol. The number of anilines is 1. The van der Waals surface area contributed by atoms with E-state index in [0.29, 0.717) is 30.3 Å². The molecular formula is C17H23ClN4O4. The van der Waals surface area contributed by atoms with E-state index in [4.69, 9.17) is 31.9 Å². The summed E-state index contributed by atoms with van der Waals surface area (Å²) in [5.74, 6) is 0.793. The van der Waals surface area contributed by atoms with Crippen molar-refractivity contribution in [3.63, 3.8) is 0 Å². The smallest absolute Gasteiger partial charge is 0.289 e. The van der Waals surface area contributed by atoms with Crippen molar-refractivity contribution in [2.24, 2.45) is 0 Å². The van der Waals surface area contributed by atoms with Gasteiger partial charge in [0.05, 0.1) is 23.9 Å². The Kier molecular flexibility index (Phi) is 6.44. The third-order valence-electron chi connectivity index (χ3n) is 3.41. The zero-order valence-corrected chi connectivity index (χ0v) is 15.8. The number of nitrogens with zero attached hydrogens (tertiary/aromatic N) is 3. The van der Waals surface area contributed by atoms with Gasteiger partial charge in [0, 0.05) is 13.0 Å². The molecule has 3 N–H and O–H groups in total. The Balaban J connectivity index is 2.19. The van der Waals surface area contributed by atoms with E-state index in [1.54, 1.807) is 12.1 Å². The van der Waals surface area contributed by atoms with Gasteiger partial charge < -0.3 is 20.3 Å². The van der Waals surface area contributed by atoms with Crippen LogP contribution in [0.3, 0.4) is 0 Å². The van der Waals surface area contributed by atoms with Crippen LogP contribution in [-0.4, -0.2) is 33.1 Å². The van der Waals surface area contributed by atoms with E-state index in [2.05, 4.69) is 10.1 Å². The maximum absolute atomic E-state index is 12.3. The standard InChI is InChI=1S/C17H23ClN4O4/c1-17(2,3)22-16(24)14(18)12(9-20-22)26-10-11-5-6-13(19)21-15(11)25-8-4-7-23/h5-6,9,23H,4,7-8,10H2,1-3H3,(H2,19,21). The summed E-state index contributed by atoms with van der Waals surface area (Å²) in [6.07, 6.45) is 1.88. The van der Waals surface area contributed by atoms with Crippen molar-refractivity contribution in [1.29, 1.82) is 0 Å². The minimum atomic E-state index is -0.492. The summed E-state index contributed by atoms with van der Waals surface area (Å²) in [5, 5.41) is 12.9. The normalized spacial score (nSPS) is 11.4. The fourth-order valence-electron chi connectivity index (χ4n) is 2.10. The van der Waals surface area contributed by atoms with Gasteiger partial charge in [-0.25, -0.2) is 4.68 Å². The maximum Gasteiger partial charge on any atom is 0.289 e. The molecule has 0 aliphatic carbocycles. The summed E-state index contributed by atoms with van der Waals surface area (Å²) < 4.78 is 12.5. The highest BCUT2D eigenvalue weighted by molar-refractivity contribution is 6.31. The van der Waals surface area contributed by atoms with Crippen LogP contribution in [0.1, 0.15) is 32.8 Å². The Bertz CT molecular complexity index is 817. The van der Waals surface area contributed by atoms with Gasteiger partial charge in [-0.3, -0.25) is 4.79 Å². The van der Waals surface area contributed by atoms with E-state index >= 15 is 0 Å². The fourth-order valence-corrected chi connectivity index (χ4v) is 2.29. The first-order valence-corrected chi connectivity index (χ1v) is 8.52. The molecule has 0 spiro atoms. The molecule has 0 bridgehead atoms. The van der Waals surface area contributed by atoms with Crippen LogP contribution in [0.15, 0.2) is 23.1 Å². The zero-order chi connectivity index (χ0) is 19.3. The van der Waals surface area contributed by atoms with Gasteiger partial charge in [-0.2, -0.15) is 10.1 Å². The van der Waals surface area contributed by atoms with Crippen LogP contribution in [0.25, 0.3) is 0 Å². The second-order valence-electron chi connectivity index (χ2n) is 6.63. The Hall–Kier alpha value is -2.32. The van der Waals surface area contributed by atoms with E-state index < -0.39 is 11.1 Å². The van der Waals surface area contributed by atoms with E-state index in [9.17, 15) is 4.79 Å². The van der Waals surface area contributed by atoms with Gasteiger partial charge in [0.25, 0.3) is 5.56 Å². The van der Waals surface area contributed by atoms with Crippen LogP contribution in [-0.2, 0) is 12.1 Å². The molecule has 8 nitrogen and oxygen atoms in total. The number of ether oxygens (including phenoxy) is 2. The van der Waals surface area contributed by atoms with Crippen molar-refractivity contribution in [2.75, 3.05) is 18.9 Å². The largest absolute Gasteiger partial charge is 0.485 e. The molecule has 9 heteroatoms. The SMILES string of the molecule is CC(C)(C)n1ncc(OCc2ccc(N)nc2OCCCO)c(Cl)c1=O. The van der Waals surface area contributed by atoms with Gasteiger partial charge in [-0.1, -0.05) is 11.6 Å². The van der Waals surface area contributed by atoms with Crippen LogP contribution < -0.4 is 20.8 Å². The summed E-state index contributed by atoms with van der Waals surface area (Å²) in [4.78, 5) is 16.5. The second kappa shape index (κ2) is 8.37. The summed E-state index contributed by atoms with van der Waals surface area (Å²) in [5.41, 5.74) is 5.40. The minimum Gasteiger partial charge on any atom is -0.485 e. The van der Waals surface area contributed by atoms with Crippen molar-refractivity contribution in [3.05, 3.63) is 39.3 Å². The number of rotatable bonds is 7. The molecule has 0 saturated heterocycles. The lowest BCUT2D eigenvalue weighted by atomic mass is 10.1. The maximum atomic E-state index is 12.3. The van der Waals surface area contributed by atoms with E-state index in [0.717, 1.165) is 0 Å². The lowest BCUT2D eigenvalue weighted by Gasteiger charge is -2.21. The number of halogens is 1. The van der Waals surface area contributed by atoms with E-state index in [1.165, 1.54) is 10.9 Å². The average Bonchev–Trinajstić information content (AvgIpc) is 2.56. The topological polar surface area (TPSA) is 112 Å². The average molecular weight is 383 g/mol. The van der Waals surface area contributed by atoms with Crippen LogP contribution in [0.2, 0.25) is 5.02 Å². The molecule has 0 aromatic carbocycles. The van der Waals surface area contributed by atoms with Crippen molar-refractivity contribution in [2.45, 2.75) is 39.3 Å². The number of nitrogens with two attached hydrogens (primary N) is 1. The van der Waals surface area contributed by atoms with Crippen molar-refractivity contribution < 1.29 is 14.6 Å². The first-order valence-electron chi connectivity index (χ1n) is 8.14. The summed E-state index contributed by atoms with van der Waals surface area (Å²) in [6, 6.07) is 3.34. The van der Waals surface area contributed by atoms with Crippen LogP contribution in [0.5, 0.6) is 11.6 Å². The van der Waals surface area contributed by atoms with Gasteiger partial charge >= 0.3 is 0 Å². The molecule has 0 aliphatic rings. The Morgan fingerprint density at radius 1 is 1.31 bits per heavy atom. The van der Waals surface area contributed by atoms with Crippen LogP contribution >= 0.6 is 11.6 Å². The minimum absolute atomic E-state index is 0.0134. The van der Waals surface area contributed by atoms with Crippen LogP contribution in [0, 0.1) is 0 Å². The van der Waals surface area contributed by atoms with Crippen molar-refractivity contribution >= 4 is 17.4 Å². The Labute approximate surface area is 156 Å². The Morgan fingerprint density at radius 3 is 2.69 bits per heavy atom. The first-order chi connectivity index (χ1) is 12.2. The molecule has 0 aliphatic heterocycles. The zero-order valence-electron chi connectivity index (χ0n) is 15.0. The molecule has 2 heterocycles. The molecule has 0 radical (unpaired) electrons. The molecule has 0 atom stereocenters. The van der Waals surface area contributed by atoms with E-state index in [1.807, 2.05) is 20.8 Å². The highest BCUT2D eigenvalue weighted by atomic mass is 35.5. The number of hydrogen-bond acceptors (Lipinski definition) is 7. The number of aliphatic hydroxyl groups excluding tert-OH is 1. The number of aromatic nitrogens is 3. The van der Waals surface area contributed by atoms with Gasteiger partial charge in [-0.05, 0) is 32.9 Å². The lowest BCUT2D eigenvalue weighted by Crippen LogP contribution is -2.36. The first kappa shape index (κ1) is 20.0. The molecule has 2 aromatic rings. The van der Waals surface area contributed by atoms with Crippen molar-refractivity contribution in [3.8, 4) is 11.6 Å². The quantitative estimate of drug-likeness (QED) is 0.704. The highest BCUT2D eigenvalue weighted by Gasteiger charge is 2.20. The number of aliphatic hydroxyl groups is 1. The summed E-state index contributed by atoms with van der Waals surface area (Å²) in [6.45, 7) is 5.95. The number of pyridine rings is 1. The molecule has 0 amide bonds. The predicted octanol–water partition coefficient (Wildman–Crippen LogP) is 1.97. The number of hydrogen-bond donors (Lipinski definition) is 2. The van der Waals surface area contributed by atoms with E-state index in [-0.39, 0.29) is 24.0 Å². The monoisotopic (exact) mass is 382 g/mol. The van der Waals surface area contributed by atoms with Gasteiger partial charge in [0.1, 0.15) is 12.4 Å². The van der Waals surface area contributed by atoms with Crippen molar-refractivity contribution in [1.82, 2.24) is 14.8 Å². The molecule has 2 rings (SSSR count). The highest BCUT2D eigenvalue weighted by Crippen LogP contribution is 2.24. The third kappa shape index (κ3) is 4.86. The summed E-state index contributed by atoms with van der Waals surface area (Å²) >= 11 is 6.15. The third-order valence-corrected chi connectivity index (χ3v) is 3.76. The molecule has 26 heavy (non-hydrogen) atoms. The molecule has 2 aromatic heterocycles. The fraction of sp³-hybridized carbons (Fsp3) is 0.471. The van der Waals surface area contributed by atoms with Gasteiger partial charge in [0.15, 0.2) is 10.8 Å². The molecule has 0 saturated carbocycles.